The number of aliphatic hydroxyl groups excluding tert-OH is 3. The first-order chi connectivity index (χ1) is 18.1. The Morgan fingerprint density at radius 1 is 1.11 bits per heavy atom. The average Bonchev–Trinajstić information content (AvgIpc) is 3.21. The first-order valence-corrected chi connectivity index (χ1v) is 12.8. The minimum absolute atomic E-state index is 0.273. The predicted molar refractivity (Wildman–Crippen MR) is 132 cm³/mol. The molecule has 7 atom stereocenters. The van der Waals surface area contributed by atoms with Crippen LogP contribution in [-0.4, -0.2) is 85.1 Å². The Labute approximate surface area is 221 Å². The van der Waals surface area contributed by atoms with Crippen LogP contribution in [0.25, 0.3) is 0 Å². The lowest BCUT2D eigenvalue weighted by molar-refractivity contribution is -0.304. The van der Waals surface area contributed by atoms with Gasteiger partial charge in [0.15, 0.2) is 12.4 Å². The van der Waals surface area contributed by atoms with Crippen LogP contribution in [0.2, 0.25) is 0 Å². The van der Waals surface area contributed by atoms with Gasteiger partial charge < -0.3 is 34.6 Å². The van der Waals surface area contributed by atoms with Crippen LogP contribution in [0, 0.1) is 0 Å². The number of carboxylic acids is 1. The van der Waals surface area contributed by atoms with Crippen molar-refractivity contribution in [3.63, 3.8) is 0 Å². The molecule has 0 spiro atoms. The second-order valence-electron chi connectivity index (χ2n) is 8.93. The van der Waals surface area contributed by atoms with Gasteiger partial charge in [-0.3, -0.25) is 19.9 Å². The number of carbonyl (C=O) groups excluding carboxylic acids is 2. The molecule has 2 amide bonds. The number of thioether (sulfide) groups is 1. The van der Waals surface area contributed by atoms with E-state index in [9.17, 15) is 29.7 Å². The van der Waals surface area contributed by atoms with Gasteiger partial charge in [-0.2, -0.15) is 0 Å². The van der Waals surface area contributed by atoms with Crippen molar-refractivity contribution in [2.75, 3.05) is 6.61 Å². The van der Waals surface area contributed by atoms with E-state index in [0.717, 1.165) is 23.0 Å². The maximum atomic E-state index is 11.7. The molecule has 3 unspecified atom stereocenters. The second-order valence-corrected chi connectivity index (χ2v) is 10.1. The van der Waals surface area contributed by atoms with E-state index in [1.54, 1.807) is 37.4 Å². The zero-order valence-electron chi connectivity index (χ0n) is 20.3. The van der Waals surface area contributed by atoms with E-state index in [0.29, 0.717) is 30.8 Å². The van der Waals surface area contributed by atoms with E-state index in [4.69, 9.17) is 19.3 Å². The SMILES string of the molecule is CC(O[C@@H]1OC(C(=O)O)[C@@H](O)[C@H](O)[C@@H]1O)c1ccc(CCOc2ccc(CC3SC(=O)NC3=O)cc2)nc1. The summed E-state index contributed by atoms with van der Waals surface area (Å²) in [5, 5.41) is 40.5. The van der Waals surface area contributed by atoms with Gasteiger partial charge in [0.2, 0.25) is 5.91 Å². The molecular formula is C25H28N2O10S. The van der Waals surface area contributed by atoms with E-state index in [1.807, 2.05) is 12.1 Å². The Morgan fingerprint density at radius 3 is 2.45 bits per heavy atom. The standard InChI is InChI=1S/C25H28N2O10S/c1-12(36-24-20(30)18(28)19(29)21(37-24)23(32)33)14-4-5-15(26-11-14)8-9-35-16-6-2-13(3-7-16)10-17-22(31)27-25(34)38-17/h2-7,11-12,17-21,24,28-30H,8-10H2,1H3,(H,32,33)(H,27,31,34)/t12?,17?,18-,19-,20-,21?,24+/m0/s1. The highest BCUT2D eigenvalue weighted by Crippen LogP contribution is 2.28. The Bertz CT molecular complexity index is 1150. The minimum atomic E-state index is -1.79. The molecule has 0 aliphatic carbocycles. The monoisotopic (exact) mass is 548 g/mol. The number of carbonyl (C=O) groups is 3. The number of imide groups is 1. The van der Waals surface area contributed by atoms with Gasteiger partial charge in [0.1, 0.15) is 24.1 Å². The zero-order valence-corrected chi connectivity index (χ0v) is 21.1. The van der Waals surface area contributed by atoms with Crippen molar-refractivity contribution < 1.29 is 49.0 Å². The molecular weight excluding hydrogens is 520 g/mol. The maximum Gasteiger partial charge on any atom is 0.335 e. The molecule has 0 radical (unpaired) electrons. The number of aliphatic hydroxyl groups is 3. The van der Waals surface area contributed by atoms with Crippen molar-refractivity contribution >= 4 is 28.9 Å². The van der Waals surface area contributed by atoms with Gasteiger partial charge >= 0.3 is 5.97 Å². The largest absolute Gasteiger partial charge is 0.493 e. The molecule has 13 heteroatoms. The number of benzene rings is 1. The van der Waals surface area contributed by atoms with E-state index in [-0.39, 0.29) is 11.1 Å². The number of pyridine rings is 1. The van der Waals surface area contributed by atoms with Gasteiger partial charge in [-0.1, -0.05) is 30.0 Å². The fourth-order valence-electron chi connectivity index (χ4n) is 4.01. The van der Waals surface area contributed by atoms with Crippen LogP contribution >= 0.6 is 11.8 Å². The third-order valence-electron chi connectivity index (χ3n) is 6.21. The van der Waals surface area contributed by atoms with Gasteiger partial charge in [0.25, 0.3) is 5.24 Å². The van der Waals surface area contributed by atoms with Gasteiger partial charge in [0.05, 0.1) is 18.0 Å². The Morgan fingerprint density at radius 2 is 1.84 bits per heavy atom. The molecule has 204 valence electrons. The smallest absolute Gasteiger partial charge is 0.335 e. The number of hydrogen-bond donors (Lipinski definition) is 5. The fraction of sp³-hybridized carbons (Fsp3) is 0.440. The van der Waals surface area contributed by atoms with Crippen molar-refractivity contribution in [3.8, 4) is 5.75 Å². The van der Waals surface area contributed by atoms with Crippen molar-refractivity contribution in [1.82, 2.24) is 10.3 Å². The van der Waals surface area contributed by atoms with Crippen LogP contribution in [0.4, 0.5) is 4.79 Å². The highest BCUT2D eigenvalue weighted by molar-refractivity contribution is 8.15. The molecule has 38 heavy (non-hydrogen) atoms. The Balaban J connectivity index is 1.24. The van der Waals surface area contributed by atoms with Crippen LogP contribution in [-0.2, 0) is 31.9 Å². The molecule has 4 rings (SSSR count). The lowest BCUT2D eigenvalue weighted by Gasteiger charge is -2.39. The van der Waals surface area contributed by atoms with E-state index < -0.39 is 48.0 Å². The molecule has 3 heterocycles. The zero-order chi connectivity index (χ0) is 27.4. The molecule has 2 saturated heterocycles. The maximum absolute atomic E-state index is 11.7. The molecule has 2 fully saturated rings. The summed E-state index contributed by atoms with van der Waals surface area (Å²) in [4.78, 5) is 38.6. The summed E-state index contributed by atoms with van der Waals surface area (Å²) in [5.74, 6) is -1.10. The minimum Gasteiger partial charge on any atom is -0.493 e. The number of hydrogen-bond acceptors (Lipinski definition) is 11. The number of amides is 2. The number of aliphatic carboxylic acids is 1. The van der Waals surface area contributed by atoms with Crippen LogP contribution in [0.3, 0.4) is 0 Å². The summed E-state index contributed by atoms with van der Waals surface area (Å²) in [7, 11) is 0. The summed E-state index contributed by atoms with van der Waals surface area (Å²) >= 11 is 0.993. The molecule has 1 aromatic carbocycles. The number of nitrogens with zero attached hydrogens (tertiary/aromatic N) is 1. The van der Waals surface area contributed by atoms with E-state index in [1.165, 1.54) is 0 Å². The first kappa shape index (κ1) is 28.0. The lowest BCUT2D eigenvalue weighted by Crippen LogP contribution is -2.60. The van der Waals surface area contributed by atoms with Gasteiger partial charge in [-0.25, -0.2) is 4.79 Å². The van der Waals surface area contributed by atoms with Gasteiger partial charge in [0, 0.05) is 18.3 Å². The molecule has 2 aliphatic heterocycles. The topological polar surface area (TPSA) is 185 Å². The molecule has 5 N–H and O–H groups in total. The summed E-state index contributed by atoms with van der Waals surface area (Å²) in [6.07, 6.45) is -6.46. The molecule has 0 saturated carbocycles. The average molecular weight is 549 g/mol. The quantitative estimate of drug-likeness (QED) is 0.278. The molecule has 1 aromatic heterocycles. The summed E-state index contributed by atoms with van der Waals surface area (Å²) < 4.78 is 16.5. The normalized spacial score (nSPS) is 28.1. The predicted octanol–water partition coefficient (Wildman–Crippen LogP) is 0.567. The summed E-state index contributed by atoms with van der Waals surface area (Å²) in [6, 6.07) is 10.9. The molecule has 12 nitrogen and oxygen atoms in total. The van der Waals surface area contributed by atoms with Crippen LogP contribution in [0.5, 0.6) is 5.75 Å². The van der Waals surface area contributed by atoms with Gasteiger partial charge in [-0.15, -0.1) is 0 Å². The van der Waals surface area contributed by atoms with E-state index in [2.05, 4.69) is 10.3 Å². The summed E-state index contributed by atoms with van der Waals surface area (Å²) in [6.45, 7) is 2.02. The van der Waals surface area contributed by atoms with Crippen molar-refractivity contribution in [1.29, 1.82) is 0 Å². The van der Waals surface area contributed by atoms with E-state index >= 15 is 0 Å². The number of ether oxygens (including phenoxy) is 3. The van der Waals surface area contributed by atoms with Crippen LogP contribution in [0.15, 0.2) is 42.6 Å². The summed E-state index contributed by atoms with van der Waals surface area (Å²) in [5.41, 5.74) is 2.30. The highest BCUT2D eigenvalue weighted by Gasteiger charge is 2.48. The molecule has 0 bridgehead atoms. The third-order valence-corrected chi connectivity index (χ3v) is 7.19. The van der Waals surface area contributed by atoms with Crippen molar-refractivity contribution in [2.45, 2.75) is 61.8 Å². The van der Waals surface area contributed by atoms with Crippen LogP contribution < -0.4 is 10.1 Å². The second kappa shape index (κ2) is 12.2. The lowest BCUT2D eigenvalue weighted by atomic mass is 9.99. The van der Waals surface area contributed by atoms with Crippen molar-refractivity contribution in [3.05, 3.63) is 59.4 Å². The number of rotatable bonds is 10. The number of nitrogens with one attached hydrogen (secondary N) is 1. The number of aromatic nitrogens is 1. The fourth-order valence-corrected chi connectivity index (χ4v) is 4.87. The Hall–Kier alpha value is -3.07. The molecule has 2 aromatic rings. The number of carboxylic acid groups (broad SMARTS) is 1. The Kier molecular flexibility index (Phi) is 8.97. The van der Waals surface area contributed by atoms with Crippen molar-refractivity contribution in [2.24, 2.45) is 0 Å². The van der Waals surface area contributed by atoms with Crippen LogP contribution in [0.1, 0.15) is 29.8 Å². The molecule has 2 aliphatic rings. The highest BCUT2D eigenvalue weighted by atomic mass is 32.2. The third kappa shape index (κ3) is 6.67. The van der Waals surface area contributed by atoms with Gasteiger partial charge in [-0.05, 0) is 42.7 Å². The first-order valence-electron chi connectivity index (χ1n) is 11.9.